The van der Waals surface area contributed by atoms with Gasteiger partial charge in [0.15, 0.2) is 0 Å². The second-order valence-corrected chi connectivity index (χ2v) is 7.52. The molecule has 1 aromatic carbocycles. The maximum atomic E-state index is 13.0. The number of ether oxygens (including phenoxy) is 1. The normalized spacial score (nSPS) is 11.6. The Morgan fingerprint density at radius 2 is 1.73 bits per heavy atom. The number of carbonyl (C=O) groups excluding carboxylic acids is 2. The van der Waals surface area contributed by atoms with E-state index in [1.54, 1.807) is 12.4 Å². The highest BCUT2D eigenvalue weighted by molar-refractivity contribution is 5.83. The molecule has 30 heavy (non-hydrogen) atoms. The maximum absolute atomic E-state index is 13.0. The number of nitrogens with one attached hydrogen (secondary N) is 1. The molecule has 0 aliphatic carbocycles. The van der Waals surface area contributed by atoms with Gasteiger partial charge < -0.3 is 15.0 Å². The first-order valence-corrected chi connectivity index (χ1v) is 10.6. The predicted octanol–water partition coefficient (Wildman–Crippen LogP) is 4.06. The first-order valence-electron chi connectivity index (χ1n) is 10.6. The molecular weight excluding hydrogens is 378 g/mol. The van der Waals surface area contributed by atoms with E-state index in [0.29, 0.717) is 19.6 Å². The summed E-state index contributed by atoms with van der Waals surface area (Å²) in [5, 5.41) is 3.06. The highest BCUT2D eigenvalue weighted by Gasteiger charge is 2.20. The van der Waals surface area contributed by atoms with Gasteiger partial charge in [0.2, 0.25) is 5.91 Å². The van der Waals surface area contributed by atoms with Gasteiger partial charge in [0, 0.05) is 45.1 Å². The number of hydrogen-bond donors (Lipinski definition) is 1. The summed E-state index contributed by atoms with van der Waals surface area (Å²) in [5.41, 5.74) is 3.14. The van der Waals surface area contributed by atoms with Gasteiger partial charge >= 0.3 is 5.97 Å². The molecule has 1 atom stereocenters. The van der Waals surface area contributed by atoms with Crippen molar-refractivity contribution in [3.05, 3.63) is 59.9 Å². The Balaban J connectivity index is 1.96. The second kappa shape index (κ2) is 12.6. The standard InChI is InChI=1S/C24H33N3O3/c1-4-30-23(28)9-7-5-6-8-22(20-10-12-21(13-11-20)27(2)3)24(29)26-18-19-14-16-25-17-15-19/h10-17,22H,4-9,18H2,1-3H3,(H,26,29)/t22-/m0/s1. The zero-order valence-corrected chi connectivity index (χ0v) is 18.3. The van der Waals surface area contributed by atoms with E-state index in [0.717, 1.165) is 42.5 Å². The van der Waals surface area contributed by atoms with Gasteiger partial charge in [-0.3, -0.25) is 14.6 Å². The van der Waals surface area contributed by atoms with Crippen LogP contribution in [-0.2, 0) is 20.9 Å². The minimum atomic E-state index is -0.217. The lowest BCUT2D eigenvalue weighted by atomic mass is 9.91. The molecule has 1 heterocycles. The lowest BCUT2D eigenvalue weighted by Gasteiger charge is -2.19. The Morgan fingerprint density at radius 1 is 1.03 bits per heavy atom. The summed E-state index contributed by atoms with van der Waals surface area (Å²) < 4.78 is 4.97. The third-order valence-corrected chi connectivity index (χ3v) is 5.02. The Labute approximate surface area is 179 Å². The van der Waals surface area contributed by atoms with Crippen LogP contribution in [0.25, 0.3) is 0 Å². The fraction of sp³-hybridized carbons (Fsp3) is 0.458. The zero-order valence-electron chi connectivity index (χ0n) is 18.3. The molecule has 1 N–H and O–H groups in total. The first-order chi connectivity index (χ1) is 14.5. The van der Waals surface area contributed by atoms with Crippen molar-refractivity contribution in [3.63, 3.8) is 0 Å². The molecule has 162 valence electrons. The molecule has 1 amide bonds. The third kappa shape index (κ3) is 7.85. The lowest BCUT2D eigenvalue weighted by molar-refractivity contribution is -0.143. The van der Waals surface area contributed by atoms with Crippen LogP contribution in [-0.4, -0.2) is 37.6 Å². The number of hydrogen-bond acceptors (Lipinski definition) is 5. The predicted molar refractivity (Wildman–Crippen MR) is 119 cm³/mol. The number of unbranched alkanes of at least 4 members (excludes halogenated alkanes) is 2. The summed E-state index contributed by atoms with van der Waals surface area (Å²) in [5.74, 6) is -0.344. The fourth-order valence-corrected chi connectivity index (χ4v) is 3.29. The summed E-state index contributed by atoms with van der Waals surface area (Å²) in [6.45, 7) is 2.71. The summed E-state index contributed by atoms with van der Waals surface area (Å²) >= 11 is 0. The van der Waals surface area contributed by atoms with Gasteiger partial charge in [-0.2, -0.15) is 0 Å². The van der Waals surface area contributed by atoms with Crippen molar-refractivity contribution in [3.8, 4) is 0 Å². The Hall–Kier alpha value is -2.89. The summed E-state index contributed by atoms with van der Waals surface area (Å²) in [7, 11) is 3.99. The van der Waals surface area contributed by atoms with Crippen LogP contribution in [0.3, 0.4) is 0 Å². The number of anilines is 1. The van der Waals surface area contributed by atoms with Crippen LogP contribution in [0.15, 0.2) is 48.8 Å². The minimum absolute atomic E-state index is 0.0230. The molecule has 0 unspecified atom stereocenters. The fourth-order valence-electron chi connectivity index (χ4n) is 3.29. The number of rotatable bonds is 12. The van der Waals surface area contributed by atoms with Crippen molar-refractivity contribution in [1.29, 1.82) is 0 Å². The van der Waals surface area contributed by atoms with Gasteiger partial charge in [0.25, 0.3) is 0 Å². The molecule has 1 aromatic heterocycles. The summed E-state index contributed by atoms with van der Waals surface area (Å²) in [4.78, 5) is 30.5. The molecule has 0 aliphatic rings. The number of aromatic nitrogens is 1. The molecule has 0 saturated heterocycles. The Bertz CT molecular complexity index is 776. The van der Waals surface area contributed by atoms with E-state index in [1.807, 2.05) is 62.3 Å². The van der Waals surface area contributed by atoms with E-state index in [-0.39, 0.29) is 17.8 Å². The highest BCUT2D eigenvalue weighted by atomic mass is 16.5. The van der Waals surface area contributed by atoms with E-state index >= 15 is 0 Å². The van der Waals surface area contributed by atoms with Crippen LogP contribution in [0.2, 0.25) is 0 Å². The van der Waals surface area contributed by atoms with Gasteiger partial charge in [-0.05, 0) is 55.2 Å². The molecule has 2 aromatic rings. The average molecular weight is 412 g/mol. The molecule has 0 aliphatic heterocycles. The molecule has 6 heteroatoms. The molecule has 6 nitrogen and oxygen atoms in total. The average Bonchev–Trinajstić information content (AvgIpc) is 2.75. The number of carbonyl (C=O) groups is 2. The molecule has 0 fully saturated rings. The third-order valence-electron chi connectivity index (χ3n) is 5.02. The highest BCUT2D eigenvalue weighted by Crippen LogP contribution is 2.25. The van der Waals surface area contributed by atoms with Crippen LogP contribution < -0.4 is 10.2 Å². The van der Waals surface area contributed by atoms with Crippen molar-refractivity contribution < 1.29 is 14.3 Å². The second-order valence-electron chi connectivity index (χ2n) is 7.52. The largest absolute Gasteiger partial charge is 0.466 e. The quantitative estimate of drug-likeness (QED) is 0.421. The topological polar surface area (TPSA) is 71.5 Å². The molecule has 0 saturated carbocycles. The Kier molecular flexibility index (Phi) is 9.84. The zero-order chi connectivity index (χ0) is 21.8. The van der Waals surface area contributed by atoms with Crippen molar-refractivity contribution in [1.82, 2.24) is 10.3 Å². The lowest BCUT2D eigenvalue weighted by Crippen LogP contribution is -2.29. The van der Waals surface area contributed by atoms with Crippen molar-refractivity contribution in [2.75, 3.05) is 25.6 Å². The molecule has 0 bridgehead atoms. The van der Waals surface area contributed by atoms with E-state index < -0.39 is 0 Å². The first kappa shape index (κ1) is 23.4. The van der Waals surface area contributed by atoms with Crippen molar-refractivity contribution >= 4 is 17.6 Å². The molecule has 0 radical (unpaired) electrons. The van der Waals surface area contributed by atoms with Crippen molar-refractivity contribution in [2.24, 2.45) is 0 Å². The molecule has 0 spiro atoms. The van der Waals surface area contributed by atoms with Gasteiger partial charge in [0.05, 0.1) is 12.5 Å². The number of benzene rings is 1. The number of amides is 1. The van der Waals surface area contributed by atoms with Gasteiger partial charge in [-0.25, -0.2) is 0 Å². The van der Waals surface area contributed by atoms with Crippen molar-refractivity contribution in [2.45, 2.75) is 51.5 Å². The number of pyridine rings is 1. The minimum Gasteiger partial charge on any atom is -0.466 e. The Morgan fingerprint density at radius 3 is 2.37 bits per heavy atom. The summed E-state index contributed by atoms with van der Waals surface area (Å²) in [6.07, 6.45) is 7.18. The number of nitrogens with zero attached hydrogens (tertiary/aromatic N) is 2. The van der Waals surface area contributed by atoms with Crippen LogP contribution in [0.4, 0.5) is 5.69 Å². The van der Waals surface area contributed by atoms with Crippen LogP contribution in [0.1, 0.15) is 56.1 Å². The van der Waals surface area contributed by atoms with Crippen LogP contribution in [0, 0.1) is 0 Å². The van der Waals surface area contributed by atoms with Crippen LogP contribution in [0.5, 0.6) is 0 Å². The summed E-state index contributed by atoms with van der Waals surface area (Å²) in [6, 6.07) is 11.9. The van der Waals surface area contributed by atoms with Gasteiger partial charge in [0.1, 0.15) is 0 Å². The maximum Gasteiger partial charge on any atom is 0.305 e. The van der Waals surface area contributed by atoms with Gasteiger partial charge in [-0.1, -0.05) is 25.0 Å². The monoisotopic (exact) mass is 411 g/mol. The van der Waals surface area contributed by atoms with Crippen LogP contribution >= 0.6 is 0 Å². The molecular formula is C24H33N3O3. The van der Waals surface area contributed by atoms with E-state index in [4.69, 9.17) is 4.74 Å². The van der Waals surface area contributed by atoms with Gasteiger partial charge in [-0.15, -0.1) is 0 Å². The number of esters is 1. The SMILES string of the molecule is CCOC(=O)CCCCC[C@H](C(=O)NCc1ccncc1)c1ccc(N(C)C)cc1. The molecule has 2 rings (SSSR count). The van der Waals surface area contributed by atoms with E-state index in [2.05, 4.69) is 10.3 Å². The van der Waals surface area contributed by atoms with E-state index in [1.165, 1.54) is 0 Å². The smallest absolute Gasteiger partial charge is 0.305 e. The van der Waals surface area contributed by atoms with E-state index in [9.17, 15) is 9.59 Å².